The van der Waals surface area contributed by atoms with Crippen LogP contribution in [0.4, 0.5) is 0 Å². The van der Waals surface area contributed by atoms with E-state index in [1.807, 2.05) is 0 Å². The summed E-state index contributed by atoms with van der Waals surface area (Å²) in [4.78, 5) is 3.87. The molecule has 3 N–H and O–H groups in total. The number of aliphatic hydroxyl groups excluding tert-OH is 3. The van der Waals surface area contributed by atoms with Gasteiger partial charge in [-0.25, -0.2) is 0 Å². The van der Waals surface area contributed by atoms with E-state index in [9.17, 15) is 5.11 Å². The number of pyridine rings is 1. The highest BCUT2D eigenvalue weighted by atomic mass is 16.5. The molecule has 0 aliphatic rings. The number of ether oxygens (including phenoxy) is 1. The van der Waals surface area contributed by atoms with Gasteiger partial charge in [-0.15, -0.1) is 0 Å². The van der Waals surface area contributed by atoms with E-state index < -0.39 is 18.8 Å². The zero-order chi connectivity index (χ0) is 10.6. The van der Waals surface area contributed by atoms with Crippen LogP contribution in [0.15, 0.2) is 18.3 Å². The first-order valence-electron chi connectivity index (χ1n) is 4.16. The van der Waals surface area contributed by atoms with Gasteiger partial charge in [0.05, 0.1) is 25.6 Å². The molecule has 2 atom stereocenters. The van der Waals surface area contributed by atoms with Crippen LogP contribution >= 0.6 is 0 Å². The monoisotopic (exact) mass is 199 g/mol. The summed E-state index contributed by atoms with van der Waals surface area (Å²) in [5, 5.41) is 27.2. The summed E-state index contributed by atoms with van der Waals surface area (Å²) < 4.78 is 4.88. The molecule has 78 valence electrons. The van der Waals surface area contributed by atoms with Crippen molar-refractivity contribution in [2.45, 2.75) is 12.2 Å². The second-order valence-corrected chi connectivity index (χ2v) is 2.82. The predicted octanol–water partition coefficient (Wildman–Crippen LogP) is -0.523. The molecule has 5 nitrogen and oxygen atoms in total. The van der Waals surface area contributed by atoms with Crippen LogP contribution in [0.5, 0.6) is 5.75 Å². The first-order valence-corrected chi connectivity index (χ1v) is 4.16. The molecule has 0 aromatic carbocycles. The quantitative estimate of drug-likeness (QED) is 0.607. The fourth-order valence-electron chi connectivity index (χ4n) is 0.984. The van der Waals surface area contributed by atoms with E-state index in [1.54, 1.807) is 6.07 Å². The average molecular weight is 199 g/mol. The van der Waals surface area contributed by atoms with Crippen LogP contribution in [-0.4, -0.2) is 40.1 Å². The van der Waals surface area contributed by atoms with Crippen molar-refractivity contribution < 1.29 is 20.1 Å². The minimum absolute atomic E-state index is 0.298. The normalized spacial score (nSPS) is 14.9. The lowest BCUT2D eigenvalue weighted by atomic mass is 10.1. The molecule has 5 heteroatoms. The number of nitrogens with zero attached hydrogens (tertiary/aromatic N) is 1. The molecule has 14 heavy (non-hydrogen) atoms. The first kappa shape index (κ1) is 10.9. The van der Waals surface area contributed by atoms with Crippen molar-refractivity contribution in [1.82, 2.24) is 4.98 Å². The second kappa shape index (κ2) is 4.90. The van der Waals surface area contributed by atoms with Crippen LogP contribution in [0.3, 0.4) is 0 Å². The van der Waals surface area contributed by atoms with Gasteiger partial charge >= 0.3 is 0 Å². The van der Waals surface area contributed by atoms with Crippen molar-refractivity contribution in [3.63, 3.8) is 0 Å². The van der Waals surface area contributed by atoms with Crippen molar-refractivity contribution in [2.24, 2.45) is 0 Å². The van der Waals surface area contributed by atoms with E-state index in [4.69, 9.17) is 14.9 Å². The van der Waals surface area contributed by atoms with Crippen LogP contribution in [-0.2, 0) is 0 Å². The summed E-state index contributed by atoms with van der Waals surface area (Å²) in [5.74, 6) is 0.569. The van der Waals surface area contributed by atoms with Crippen LogP contribution in [0.25, 0.3) is 0 Å². The van der Waals surface area contributed by atoms with E-state index in [2.05, 4.69) is 4.98 Å². The summed E-state index contributed by atoms with van der Waals surface area (Å²) >= 11 is 0. The molecule has 0 fully saturated rings. The molecule has 0 radical (unpaired) electrons. The lowest BCUT2D eigenvalue weighted by Gasteiger charge is -2.14. The van der Waals surface area contributed by atoms with Crippen molar-refractivity contribution in [1.29, 1.82) is 0 Å². The van der Waals surface area contributed by atoms with Crippen LogP contribution in [0.1, 0.15) is 11.8 Å². The Bertz CT molecular complexity index is 275. The van der Waals surface area contributed by atoms with Gasteiger partial charge in [-0.1, -0.05) is 0 Å². The molecule has 0 saturated heterocycles. The number of hydrogen-bond acceptors (Lipinski definition) is 5. The Morgan fingerprint density at radius 2 is 2.14 bits per heavy atom. The molecule has 0 spiro atoms. The van der Waals surface area contributed by atoms with E-state index in [0.29, 0.717) is 11.4 Å². The molecule has 1 heterocycles. The first-order chi connectivity index (χ1) is 6.69. The van der Waals surface area contributed by atoms with Gasteiger partial charge in [-0.05, 0) is 12.1 Å². The van der Waals surface area contributed by atoms with Gasteiger partial charge in [0.15, 0.2) is 0 Å². The van der Waals surface area contributed by atoms with Gasteiger partial charge < -0.3 is 20.1 Å². The molecule has 0 bridgehead atoms. The zero-order valence-corrected chi connectivity index (χ0v) is 7.79. The number of hydrogen-bond donors (Lipinski definition) is 3. The Hall–Kier alpha value is -1.17. The molecule has 1 aromatic heterocycles. The second-order valence-electron chi connectivity index (χ2n) is 2.82. The van der Waals surface area contributed by atoms with E-state index in [0.717, 1.165) is 0 Å². The standard InChI is InChI=1S/C9H13NO4/c1-14-6-2-3-7(10-4-6)9(13)8(12)5-11/h2-4,8-9,11-13H,5H2,1H3. The van der Waals surface area contributed by atoms with Gasteiger partial charge in [0.1, 0.15) is 18.0 Å². The third kappa shape index (κ3) is 2.41. The molecule has 2 unspecified atom stereocenters. The third-order valence-electron chi connectivity index (χ3n) is 1.85. The molecule has 0 amide bonds. The van der Waals surface area contributed by atoms with Crippen molar-refractivity contribution in [3.8, 4) is 5.75 Å². The lowest BCUT2D eigenvalue weighted by molar-refractivity contribution is -0.0173. The van der Waals surface area contributed by atoms with Gasteiger partial charge in [0.2, 0.25) is 0 Å². The molecule has 1 aromatic rings. The number of aromatic nitrogens is 1. The Balaban J connectivity index is 2.75. The van der Waals surface area contributed by atoms with Crippen molar-refractivity contribution in [3.05, 3.63) is 24.0 Å². The molecular formula is C9H13NO4. The Morgan fingerprint density at radius 3 is 2.57 bits per heavy atom. The molecule has 0 aliphatic carbocycles. The highest BCUT2D eigenvalue weighted by Gasteiger charge is 2.18. The lowest BCUT2D eigenvalue weighted by Crippen LogP contribution is -2.22. The maximum Gasteiger partial charge on any atom is 0.137 e. The maximum atomic E-state index is 9.44. The highest BCUT2D eigenvalue weighted by molar-refractivity contribution is 5.21. The number of rotatable bonds is 4. The van der Waals surface area contributed by atoms with Crippen LogP contribution in [0, 0.1) is 0 Å². The SMILES string of the molecule is COc1ccc(C(O)C(O)CO)nc1. The predicted molar refractivity (Wildman–Crippen MR) is 48.8 cm³/mol. The average Bonchev–Trinajstić information content (AvgIpc) is 2.27. The van der Waals surface area contributed by atoms with Gasteiger partial charge in [0, 0.05) is 0 Å². The Kier molecular flexibility index (Phi) is 3.82. The van der Waals surface area contributed by atoms with Crippen LogP contribution in [0.2, 0.25) is 0 Å². The van der Waals surface area contributed by atoms with Gasteiger partial charge in [0.25, 0.3) is 0 Å². The van der Waals surface area contributed by atoms with Crippen molar-refractivity contribution in [2.75, 3.05) is 13.7 Å². The fraction of sp³-hybridized carbons (Fsp3) is 0.444. The maximum absolute atomic E-state index is 9.44. The van der Waals surface area contributed by atoms with Crippen molar-refractivity contribution >= 4 is 0 Å². The van der Waals surface area contributed by atoms with E-state index in [1.165, 1.54) is 19.4 Å². The summed E-state index contributed by atoms with van der Waals surface area (Å²) in [6.45, 7) is -0.505. The van der Waals surface area contributed by atoms with Gasteiger partial charge in [-0.2, -0.15) is 0 Å². The zero-order valence-electron chi connectivity index (χ0n) is 7.79. The summed E-state index contributed by atoms with van der Waals surface area (Å²) in [6.07, 6.45) is -0.954. The van der Waals surface area contributed by atoms with Gasteiger partial charge in [-0.3, -0.25) is 4.98 Å². The fourth-order valence-corrected chi connectivity index (χ4v) is 0.984. The highest BCUT2D eigenvalue weighted by Crippen LogP contribution is 2.16. The number of aliphatic hydroxyl groups is 3. The molecule has 1 rings (SSSR count). The smallest absolute Gasteiger partial charge is 0.137 e. The van der Waals surface area contributed by atoms with E-state index in [-0.39, 0.29) is 0 Å². The minimum Gasteiger partial charge on any atom is -0.495 e. The molecular weight excluding hydrogens is 186 g/mol. The third-order valence-corrected chi connectivity index (χ3v) is 1.85. The topological polar surface area (TPSA) is 82.8 Å². The van der Waals surface area contributed by atoms with Crippen LogP contribution < -0.4 is 4.74 Å². The Labute approximate surface area is 81.6 Å². The largest absolute Gasteiger partial charge is 0.495 e. The molecule has 0 aliphatic heterocycles. The molecule has 0 saturated carbocycles. The van der Waals surface area contributed by atoms with E-state index >= 15 is 0 Å². The Morgan fingerprint density at radius 1 is 1.43 bits per heavy atom. The minimum atomic E-state index is -1.21. The summed E-state index contributed by atoms with van der Waals surface area (Å²) in [7, 11) is 1.51. The number of methoxy groups -OCH3 is 1. The summed E-state index contributed by atoms with van der Waals surface area (Å²) in [5.41, 5.74) is 0.298. The summed E-state index contributed by atoms with van der Waals surface area (Å²) in [6, 6.07) is 3.15.